The van der Waals surface area contributed by atoms with Crippen LogP contribution >= 0.6 is 15.9 Å². The summed E-state index contributed by atoms with van der Waals surface area (Å²) in [4.78, 5) is 0.657. The molecule has 2 nitrogen and oxygen atoms in total. The second kappa shape index (κ2) is 6.03. The van der Waals surface area contributed by atoms with Gasteiger partial charge in [0.05, 0.1) is 6.10 Å². The number of rotatable bonds is 5. The molecule has 1 saturated heterocycles. The second-order valence-corrected chi connectivity index (χ2v) is 6.63. The third kappa shape index (κ3) is 2.71. The minimum atomic E-state index is 0.394. The maximum atomic E-state index is 6.20. The van der Waals surface area contributed by atoms with Crippen molar-refractivity contribution in [2.45, 2.75) is 56.9 Å². The number of halogens is 1. The topological polar surface area (TPSA) is 18.5 Å². The van der Waals surface area contributed by atoms with Gasteiger partial charge in [-0.3, -0.25) is 0 Å². The monoisotopic (exact) mass is 304 g/mol. The third-order valence-corrected chi connectivity index (χ3v) is 6.16. The average molecular weight is 305 g/mol. The van der Waals surface area contributed by atoms with Gasteiger partial charge in [-0.25, -0.2) is 0 Å². The first kappa shape index (κ1) is 13.8. The Balaban J connectivity index is 1.79. The first-order valence-corrected chi connectivity index (χ1v) is 7.98. The zero-order valence-corrected chi connectivity index (χ0v) is 12.7. The minimum Gasteiger partial charge on any atom is -0.381 e. The van der Waals surface area contributed by atoms with E-state index in [9.17, 15) is 0 Å². The van der Waals surface area contributed by atoms with Crippen LogP contribution in [0.4, 0.5) is 0 Å². The summed E-state index contributed by atoms with van der Waals surface area (Å²) in [5.74, 6) is 0.726. The number of hydrogen-bond donors (Lipinski definition) is 0. The van der Waals surface area contributed by atoms with E-state index < -0.39 is 0 Å². The zero-order chi connectivity index (χ0) is 12.3. The highest BCUT2D eigenvalue weighted by molar-refractivity contribution is 9.09. The molecule has 2 fully saturated rings. The van der Waals surface area contributed by atoms with E-state index in [0.717, 1.165) is 25.7 Å². The van der Waals surface area contributed by atoms with Crippen LogP contribution in [0.5, 0.6) is 0 Å². The Morgan fingerprint density at radius 3 is 2.41 bits per heavy atom. The van der Waals surface area contributed by atoms with E-state index in [1.807, 2.05) is 0 Å². The lowest BCUT2D eigenvalue weighted by Gasteiger charge is -2.53. The van der Waals surface area contributed by atoms with Crippen LogP contribution in [0.15, 0.2) is 0 Å². The second-order valence-electron chi connectivity index (χ2n) is 5.52. The van der Waals surface area contributed by atoms with Crippen molar-refractivity contribution in [3.63, 3.8) is 0 Å². The molecule has 0 spiro atoms. The highest BCUT2D eigenvalue weighted by atomic mass is 79.9. The quantitative estimate of drug-likeness (QED) is 0.720. The van der Waals surface area contributed by atoms with Gasteiger partial charge in [0.25, 0.3) is 0 Å². The van der Waals surface area contributed by atoms with Gasteiger partial charge in [-0.15, -0.1) is 0 Å². The number of ether oxygens (including phenoxy) is 2. The molecule has 1 heterocycles. The lowest BCUT2D eigenvalue weighted by molar-refractivity contribution is -0.123. The molecule has 3 heteroatoms. The molecule has 100 valence electrons. The largest absolute Gasteiger partial charge is 0.381 e. The van der Waals surface area contributed by atoms with Crippen LogP contribution in [0.3, 0.4) is 0 Å². The highest BCUT2D eigenvalue weighted by Gasteiger charge is 2.52. The fourth-order valence-electron chi connectivity index (χ4n) is 3.25. The molecule has 1 saturated carbocycles. The molecule has 2 unspecified atom stereocenters. The summed E-state index contributed by atoms with van der Waals surface area (Å²) in [7, 11) is 0. The molecule has 2 aliphatic rings. The fraction of sp³-hybridized carbons (Fsp3) is 1.00. The van der Waals surface area contributed by atoms with Crippen LogP contribution in [-0.4, -0.2) is 30.8 Å². The van der Waals surface area contributed by atoms with Crippen molar-refractivity contribution < 1.29 is 9.47 Å². The Morgan fingerprint density at radius 2 is 1.88 bits per heavy atom. The highest BCUT2D eigenvalue weighted by Crippen LogP contribution is 2.52. The molecule has 0 N–H and O–H groups in total. The van der Waals surface area contributed by atoms with Crippen molar-refractivity contribution >= 4 is 15.9 Å². The Labute approximate surface area is 114 Å². The standard InChI is InChI=1S/C14H25BrO2/c1-3-14(4-2)12(15)9-13(14)17-10-11-5-7-16-8-6-11/h11-13H,3-10H2,1-2H3. The molecule has 2 rings (SSSR count). The molecule has 17 heavy (non-hydrogen) atoms. The van der Waals surface area contributed by atoms with Gasteiger partial charge in [0.2, 0.25) is 0 Å². The fourth-order valence-corrected chi connectivity index (χ4v) is 4.53. The van der Waals surface area contributed by atoms with Crippen molar-refractivity contribution in [1.82, 2.24) is 0 Å². The van der Waals surface area contributed by atoms with Crippen LogP contribution in [0, 0.1) is 11.3 Å². The first-order valence-electron chi connectivity index (χ1n) is 7.06. The van der Waals surface area contributed by atoms with Gasteiger partial charge < -0.3 is 9.47 Å². The Kier molecular flexibility index (Phi) is 4.90. The maximum Gasteiger partial charge on any atom is 0.0652 e. The van der Waals surface area contributed by atoms with Crippen LogP contribution < -0.4 is 0 Å². The lowest BCUT2D eigenvalue weighted by atomic mass is 9.62. The SMILES string of the molecule is CCC1(CC)C(Br)CC1OCC1CCOCC1. The summed E-state index contributed by atoms with van der Waals surface area (Å²) in [6, 6.07) is 0. The van der Waals surface area contributed by atoms with Gasteiger partial charge in [0.1, 0.15) is 0 Å². The van der Waals surface area contributed by atoms with Gasteiger partial charge in [-0.05, 0) is 38.0 Å². The molecule has 0 aromatic heterocycles. The summed E-state index contributed by atoms with van der Waals surface area (Å²) in [5, 5.41) is 0. The number of hydrogen-bond acceptors (Lipinski definition) is 2. The maximum absolute atomic E-state index is 6.20. The van der Waals surface area contributed by atoms with Gasteiger partial charge in [-0.2, -0.15) is 0 Å². The molecule has 0 aromatic carbocycles. The van der Waals surface area contributed by atoms with E-state index in [1.165, 1.54) is 32.1 Å². The molecule has 0 radical (unpaired) electrons. The first-order chi connectivity index (χ1) is 8.23. The summed E-state index contributed by atoms with van der Waals surface area (Å²) in [6.07, 6.45) is 6.45. The van der Waals surface area contributed by atoms with E-state index in [1.54, 1.807) is 0 Å². The minimum absolute atomic E-state index is 0.394. The molecule has 0 bridgehead atoms. The van der Waals surface area contributed by atoms with E-state index in [0.29, 0.717) is 16.3 Å². The van der Waals surface area contributed by atoms with E-state index in [-0.39, 0.29) is 0 Å². The summed E-state index contributed by atoms with van der Waals surface area (Å²) < 4.78 is 11.6. The summed E-state index contributed by atoms with van der Waals surface area (Å²) in [5.41, 5.74) is 0.394. The molecule has 1 aliphatic heterocycles. The van der Waals surface area contributed by atoms with Crippen molar-refractivity contribution in [3.8, 4) is 0 Å². The Bertz CT molecular complexity index is 234. The molecular formula is C14H25BrO2. The van der Waals surface area contributed by atoms with Gasteiger partial charge in [0.15, 0.2) is 0 Å². The van der Waals surface area contributed by atoms with Crippen LogP contribution in [0.1, 0.15) is 46.0 Å². The predicted molar refractivity (Wildman–Crippen MR) is 73.6 cm³/mol. The summed E-state index contributed by atoms with van der Waals surface area (Å²) >= 11 is 3.81. The number of alkyl halides is 1. The third-order valence-electron chi connectivity index (χ3n) is 4.88. The normalized spacial score (nSPS) is 33.4. The van der Waals surface area contributed by atoms with Gasteiger partial charge >= 0.3 is 0 Å². The van der Waals surface area contributed by atoms with Crippen molar-refractivity contribution in [3.05, 3.63) is 0 Å². The van der Waals surface area contributed by atoms with E-state index in [4.69, 9.17) is 9.47 Å². The Hall–Kier alpha value is 0.400. The molecule has 1 aliphatic carbocycles. The van der Waals surface area contributed by atoms with Crippen LogP contribution in [-0.2, 0) is 9.47 Å². The van der Waals surface area contributed by atoms with Crippen molar-refractivity contribution in [1.29, 1.82) is 0 Å². The Morgan fingerprint density at radius 1 is 1.24 bits per heavy atom. The average Bonchev–Trinajstić information content (AvgIpc) is 2.37. The van der Waals surface area contributed by atoms with Gasteiger partial charge in [0, 0.05) is 30.1 Å². The molecule has 0 amide bonds. The van der Waals surface area contributed by atoms with E-state index >= 15 is 0 Å². The van der Waals surface area contributed by atoms with Crippen LogP contribution in [0.25, 0.3) is 0 Å². The molecule has 2 atom stereocenters. The van der Waals surface area contributed by atoms with Crippen molar-refractivity contribution in [2.75, 3.05) is 19.8 Å². The van der Waals surface area contributed by atoms with Crippen molar-refractivity contribution in [2.24, 2.45) is 11.3 Å². The van der Waals surface area contributed by atoms with Crippen LogP contribution in [0.2, 0.25) is 0 Å². The lowest BCUT2D eigenvalue weighted by Crippen LogP contribution is -2.55. The van der Waals surface area contributed by atoms with E-state index in [2.05, 4.69) is 29.8 Å². The summed E-state index contributed by atoms with van der Waals surface area (Å²) in [6.45, 7) is 7.37. The molecule has 0 aromatic rings. The van der Waals surface area contributed by atoms with Gasteiger partial charge in [-0.1, -0.05) is 29.8 Å². The predicted octanol–water partition coefficient (Wildman–Crippen LogP) is 3.77. The smallest absolute Gasteiger partial charge is 0.0652 e. The zero-order valence-electron chi connectivity index (χ0n) is 11.1. The molecular weight excluding hydrogens is 280 g/mol.